The van der Waals surface area contributed by atoms with Crippen molar-refractivity contribution in [3.63, 3.8) is 0 Å². The van der Waals surface area contributed by atoms with Crippen LogP contribution in [-0.2, 0) is 23.7 Å². The predicted octanol–water partition coefficient (Wildman–Crippen LogP) is 4.83. The molecule has 10 atom stereocenters. The van der Waals surface area contributed by atoms with Gasteiger partial charge in [-0.25, -0.2) is 0 Å². The van der Waals surface area contributed by atoms with Gasteiger partial charge in [0.15, 0.2) is 0 Å². The number of hydrogen-bond donors (Lipinski definition) is 2. The first-order chi connectivity index (χ1) is 17.0. The van der Waals surface area contributed by atoms with Gasteiger partial charge in [0, 0.05) is 0 Å². The van der Waals surface area contributed by atoms with E-state index >= 15 is 0 Å². The van der Waals surface area contributed by atoms with Crippen LogP contribution in [0.25, 0.3) is 0 Å². The Balaban J connectivity index is 1.18. The summed E-state index contributed by atoms with van der Waals surface area (Å²) < 4.78 is 33.1. The Kier molecular flexibility index (Phi) is 6.96. The average molecular weight is 525 g/mol. The molecule has 0 aromatic heterocycles. The van der Waals surface area contributed by atoms with E-state index in [2.05, 4.69) is 27.7 Å². The highest BCUT2D eigenvalue weighted by atomic mass is 16.6. The molecule has 0 radical (unpaired) electrons. The smallest absolute Gasteiger partial charge is 0.0921 e. The van der Waals surface area contributed by atoms with Crippen LogP contribution in [0, 0.1) is 0 Å². The Morgan fingerprint density at radius 2 is 0.811 bits per heavy atom. The molecule has 5 fully saturated rings. The molecule has 0 aromatic carbocycles. The first kappa shape index (κ1) is 28.3. The molecule has 5 heterocycles. The molecule has 7 heteroatoms. The fourth-order valence-electron chi connectivity index (χ4n) is 7.78. The van der Waals surface area contributed by atoms with Crippen LogP contribution < -0.4 is 0 Å². The van der Waals surface area contributed by atoms with Gasteiger partial charge in [0.2, 0.25) is 0 Å². The second kappa shape index (κ2) is 9.12. The van der Waals surface area contributed by atoms with Crippen LogP contribution >= 0.6 is 0 Å². The molecule has 5 saturated heterocycles. The normalized spacial score (nSPS) is 51.4. The van der Waals surface area contributed by atoms with Gasteiger partial charge in [0.05, 0.1) is 70.2 Å². The van der Waals surface area contributed by atoms with E-state index in [1.165, 1.54) is 0 Å². The highest BCUT2D eigenvalue weighted by Gasteiger charge is 2.58. The molecule has 0 spiro atoms. The molecular formula is C30H52O7. The Bertz CT molecular complexity index is 782. The largest absolute Gasteiger partial charge is 0.388 e. The molecule has 0 aliphatic carbocycles. The van der Waals surface area contributed by atoms with Crippen molar-refractivity contribution in [1.82, 2.24) is 0 Å². The summed E-state index contributed by atoms with van der Waals surface area (Å²) in [5, 5.41) is 20.9. The predicted molar refractivity (Wildman–Crippen MR) is 141 cm³/mol. The molecule has 5 aliphatic rings. The molecule has 5 rings (SSSR count). The van der Waals surface area contributed by atoms with Crippen molar-refractivity contribution in [1.29, 1.82) is 0 Å². The van der Waals surface area contributed by atoms with Crippen molar-refractivity contribution in [2.75, 3.05) is 0 Å². The summed E-state index contributed by atoms with van der Waals surface area (Å²) in [6.45, 7) is 16.0. The minimum Gasteiger partial charge on any atom is -0.388 e. The van der Waals surface area contributed by atoms with Crippen LogP contribution in [0.3, 0.4) is 0 Å². The molecule has 0 amide bonds. The lowest BCUT2D eigenvalue weighted by Gasteiger charge is -2.39. The summed E-state index contributed by atoms with van der Waals surface area (Å²) in [4.78, 5) is 0. The Morgan fingerprint density at radius 1 is 0.486 bits per heavy atom. The minimum atomic E-state index is -0.841. The lowest BCUT2D eigenvalue weighted by Crippen LogP contribution is -2.48. The first-order valence-electron chi connectivity index (χ1n) is 14.8. The molecule has 10 unspecified atom stereocenters. The van der Waals surface area contributed by atoms with E-state index in [-0.39, 0.29) is 59.0 Å². The van der Waals surface area contributed by atoms with Crippen LogP contribution in [0.2, 0.25) is 0 Å². The molecule has 0 saturated carbocycles. The van der Waals surface area contributed by atoms with Gasteiger partial charge < -0.3 is 33.9 Å². The number of hydrogen-bond acceptors (Lipinski definition) is 7. The van der Waals surface area contributed by atoms with E-state index in [9.17, 15) is 10.2 Å². The van der Waals surface area contributed by atoms with Crippen molar-refractivity contribution in [3.05, 3.63) is 0 Å². The topological polar surface area (TPSA) is 86.6 Å². The SMILES string of the molecule is CC(C)(O)C1CCC(C)(C2CCC(C)(C3CCC(C4(C)CCC(C5(C)CCC(C(C)(C)O)O5)O4)O3)O2)O1. The van der Waals surface area contributed by atoms with Crippen LogP contribution in [0.1, 0.15) is 120 Å². The van der Waals surface area contributed by atoms with Gasteiger partial charge in [-0.1, -0.05) is 0 Å². The fourth-order valence-corrected chi connectivity index (χ4v) is 7.78. The first-order valence-corrected chi connectivity index (χ1v) is 14.8. The third-order valence-electron chi connectivity index (χ3n) is 10.6. The standard InChI is InChI=1S/C30H52O7/c1-25(2,31)19-11-15-29(7,34-19)23-13-17-27(5,36-23)21-9-10-22(33-21)28(6)18-14-24(37-28)30(8)16-12-20(35-30)26(3,4)32/h19-24,31-32H,9-18H2,1-8H3. The molecule has 7 nitrogen and oxygen atoms in total. The zero-order chi connectivity index (χ0) is 27.1. The Hall–Kier alpha value is -0.280. The average Bonchev–Trinajstić information content (AvgIpc) is 3.57. The molecular weight excluding hydrogens is 472 g/mol. The van der Waals surface area contributed by atoms with Crippen molar-refractivity contribution >= 4 is 0 Å². The van der Waals surface area contributed by atoms with Gasteiger partial charge in [-0.3, -0.25) is 0 Å². The molecule has 2 N–H and O–H groups in total. The summed E-state index contributed by atoms with van der Waals surface area (Å²) in [5.74, 6) is 0. The third kappa shape index (κ3) is 5.16. The summed E-state index contributed by atoms with van der Waals surface area (Å²) in [6, 6.07) is 0. The number of ether oxygens (including phenoxy) is 5. The zero-order valence-corrected chi connectivity index (χ0v) is 24.5. The van der Waals surface area contributed by atoms with E-state index in [4.69, 9.17) is 23.7 Å². The van der Waals surface area contributed by atoms with E-state index < -0.39 is 11.2 Å². The summed E-state index contributed by atoms with van der Waals surface area (Å²) >= 11 is 0. The fraction of sp³-hybridized carbons (Fsp3) is 1.00. The van der Waals surface area contributed by atoms with Crippen molar-refractivity contribution < 1.29 is 33.9 Å². The van der Waals surface area contributed by atoms with Gasteiger partial charge in [-0.05, 0) is 120 Å². The van der Waals surface area contributed by atoms with E-state index in [1.807, 2.05) is 27.7 Å². The quantitative estimate of drug-likeness (QED) is 0.515. The van der Waals surface area contributed by atoms with Gasteiger partial charge in [0.25, 0.3) is 0 Å². The highest BCUT2D eigenvalue weighted by molar-refractivity contribution is 5.07. The molecule has 0 bridgehead atoms. The highest BCUT2D eigenvalue weighted by Crippen LogP contribution is 2.51. The van der Waals surface area contributed by atoms with Crippen LogP contribution in [0.15, 0.2) is 0 Å². The maximum atomic E-state index is 10.5. The zero-order valence-electron chi connectivity index (χ0n) is 24.5. The summed E-state index contributed by atoms with van der Waals surface area (Å²) in [6.07, 6.45) is 9.04. The van der Waals surface area contributed by atoms with Gasteiger partial charge in [-0.15, -0.1) is 0 Å². The maximum absolute atomic E-state index is 10.5. The number of rotatable bonds is 6. The molecule has 214 valence electrons. The minimum absolute atomic E-state index is 0.0124. The molecule has 37 heavy (non-hydrogen) atoms. The molecule has 5 aliphatic heterocycles. The summed E-state index contributed by atoms with van der Waals surface area (Å²) in [7, 11) is 0. The van der Waals surface area contributed by atoms with E-state index in [1.54, 1.807) is 0 Å². The van der Waals surface area contributed by atoms with Crippen LogP contribution in [0.4, 0.5) is 0 Å². The Morgan fingerprint density at radius 3 is 1.14 bits per heavy atom. The molecule has 0 aromatic rings. The maximum Gasteiger partial charge on any atom is 0.0921 e. The van der Waals surface area contributed by atoms with Crippen molar-refractivity contribution in [2.45, 2.75) is 190 Å². The lowest BCUT2D eigenvalue weighted by molar-refractivity contribution is -0.214. The Labute approximate surface area is 223 Å². The monoisotopic (exact) mass is 524 g/mol. The van der Waals surface area contributed by atoms with E-state index in [0.717, 1.165) is 64.2 Å². The van der Waals surface area contributed by atoms with Gasteiger partial charge >= 0.3 is 0 Å². The van der Waals surface area contributed by atoms with Crippen molar-refractivity contribution in [2.24, 2.45) is 0 Å². The van der Waals surface area contributed by atoms with Gasteiger partial charge in [-0.2, -0.15) is 0 Å². The van der Waals surface area contributed by atoms with Crippen molar-refractivity contribution in [3.8, 4) is 0 Å². The van der Waals surface area contributed by atoms with E-state index in [0.29, 0.717) is 0 Å². The van der Waals surface area contributed by atoms with Gasteiger partial charge in [0.1, 0.15) is 0 Å². The van der Waals surface area contributed by atoms with Crippen LogP contribution in [-0.4, -0.2) is 80.4 Å². The lowest BCUT2D eigenvalue weighted by atomic mass is 9.89. The number of aliphatic hydroxyl groups is 2. The second-order valence-electron chi connectivity index (χ2n) is 14.8. The third-order valence-corrected chi connectivity index (χ3v) is 10.6. The van der Waals surface area contributed by atoms with Crippen LogP contribution in [0.5, 0.6) is 0 Å². The summed E-state index contributed by atoms with van der Waals surface area (Å²) in [5.41, 5.74) is -3.10. The second-order valence-corrected chi connectivity index (χ2v) is 14.8.